The highest BCUT2D eigenvalue weighted by Gasteiger charge is 2.16. The molecule has 0 fully saturated rings. The summed E-state index contributed by atoms with van der Waals surface area (Å²) in [4.78, 5) is 20.6. The lowest BCUT2D eigenvalue weighted by atomic mass is 10.1. The summed E-state index contributed by atoms with van der Waals surface area (Å²) in [7, 11) is 0. The van der Waals surface area contributed by atoms with Crippen LogP contribution in [0.5, 0.6) is 0 Å². The molecular formula is C16H20N4OS. The first-order valence-corrected chi connectivity index (χ1v) is 8.03. The summed E-state index contributed by atoms with van der Waals surface area (Å²) in [5.74, 6) is 0.329. The maximum absolute atomic E-state index is 12.2. The van der Waals surface area contributed by atoms with Crippen LogP contribution in [-0.2, 0) is 11.2 Å². The Morgan fingerprint density at radius 2 is 2.00 bits per heavy atom. The van der Waals surface area contributed by atoms with E-state index in [1.54, 1.807) is 6.07 Å². The minimum absolute atomic E-state index is 0.0853. The normalized spacial score (nSPS) is 12.0. The standard InChI is InChI=1S/C16H20N4OS/c1-4-12-5-7-13(8-6-12)19-15(21)11(3)22-16-18-10(2)9-14(17)20-16/h5-9,11H,4H2,1-3H3,(H,19,21)(H2,17,18,20). The van der Waals surface area contributed by atoms with Crippen LogP contribution in [0.4, 0.5) is 11.5 Å². The van der Waals surface area contributed by atoms with Gasteiger partial charge in [-0.3, -0.25) is 4.79 Å². The fourth-order valence-corrected chi connectivity index (χ4v) is 2.73. The Morgan fingerprint density at radius 1 is 1.32 bits per heavy atom. The molecule has 5 nitrogen and oxygen atoms in total. The summed E-state index contributed by atoms with van der Waals surface area (Å²) in [6.45, 7) is 5.77. The number of nitrogens with one attached hydrogen (secondary N) is 1. The molecule has 0 saturated carbocycles. The van der Waals surface area contributed by atoms with Crippen LogP contribution in [0, 0.1) is 6.92 Å². The van der Waals surface area contributed by atoms with Crippen molar-refractivity contribution >= 4 is 29.2 Å². The molecule has 2 rings (SSSR count). The third-order valence-corrected chi connectivity index (χ3v) is 4.10. The van der Waals surface area contributed by atoms with Gasteiger partial charge >= 0.3 is 0 Å². The number of carbonyl (C=O) groups excluding carboxylic acids is 1. The third-order valence-electron chi connectivity index (χ3n) is 3.13. The highest BCUT2D eigenvalue weighted by atomic mass is 32.2. The Kier molecular flexibility index (Phi) is 5.38. The van der Waals surface area contributed by atoms with Crippen molar-refractivity contribution in [1.29, 1.82) is 0 Å². The molecule has 1 aromatic heterocycles. The molecule has 3 N–H and O–H groups in total. The molecule has 1 atom stereocenters. The largest absolute Gasteiger partial charge is 0.384 e. The van der Waals surface area contributed by atoms with Crippen LogP contribution < -0.4 is 11.1 Å². The number of thioether (sulfide) groups is 1. The average Bonchev–Trinajstić information content (AvgIpc) is 2.46. The van der Waals surface area contributed by atoms with Crippen LogP contribution in [0.3, 0.4) is 0 Å². The molecule has 1 aromatic carbocycles. The maximum Gasteiger partial charge on any atom is 0.237 e. The fourth-order valence-electron chi connectivity index (χ4n) is 1.90. The van der Waals surface area contributed by atoms with Gasteiger partial charge in [-0.25, -0.2) is 9.97 Å². The number of hydrogen-bond acceptors (Lipinski definition) is 5. The van der Waals surface area contributed by atoms with Crippen LogP contribution in [0.2, 0.25) is 0 Å². The van der Waals surface area contributed by atoms with Gasteiger partial charge in [0.2, 0.25) is 5.91 Å². The maximum atomic E-state index is 12.2. The van der Waals surface area contributed by atoms with Crippen LogP contribution in [0.15, 0.2) is 35.5 Å². The van der Waals surface area contributed by atoms with Gasteiger partial charge in [0.25, 0.3) is 0 Å². The summed E-state index contributed by atoms with van der Waals surface area (Å²) in [5.41, 5.74) is 8.52. The van der Waals surface area contributed by atoms with Crippen molar-refractivity contribution in [2.75, 3.05) is 11.1 Å². The van der Waals surface area contributed by atoms with E-state index in [0.29, 0.717) is 11.0 Å². The predicted octanol–water partition coefficient (Wildman–Crippen LogP) is 3.05. The van der Waals surface area contributed by atoms with Gasteiger partial charge < -0.3 is 11.1 Å². The van der Waals surface area contributed by atoms with E-state index in [-0.39, 0.29) is 11.2 Å². The quantitative estimate of drug-likeness (QED) is 0.654. The lowest BCUT2D eigenvalue weighted by Crippen LogP contribution is -2.22. The molecule has 1 heterocycles. The van der Waals surface area contributed by atoms with Crippen molar-refractivity contribution in [2.45, 2.75) is 37.6 Å². The van der Waals surface area contributed by atoms with Crippen LogP contribution in [-0.4, -0.2) is 21.1 Å². The molecule has 22 heavy (non-hydrogen) atoms. The highest BCUT2D eigenvalue weighted by Crippen LogP contribution is 2.22. The molecule has 0 bridgehead atoms. The van der Waals surface area contributed by atoms with E-state index < -0.39 is 0 Å². The van der Waals surface area contributed by atoms with Crippen molar-refractivity contribution < 1.29 is 4.79 Å². The van der Waals surface area contributed by atoms with Crippen LogP contribution >= 0.6 is 11.8 Å². The summed E-state index contributed by atoms with van der Waals surface area (Å²) in [6.07, 6.45) is 0.979. The van der Waals surface area contributed by atoms with Crippen molar-refractivity contribution in [2.24, 2.45) is 0 Å². The molecule has 0 aliphatic rings. The molecule has 0 aliphatic heterocycles. The number of nitrogens with zero attached hydrogens (tertiary/aromatic N) is 2. The minimum Gasteiger partial charge on any atom is -0.384 e. The number of amides is 1. The van der Waals surface area contributed by atoms with E-state index in [4.69, 9.17) is 5.73 Å². The smallest absolute Gasteiger partial charge is 0.237 e. The Morgan fingerprint density at radius 3 is 2.59 bits per heavy atom. The Hall–Kier alpha value is -2.08. The number of carbonyl (C=O) groups is 1. The molecule has 0 radical (unpaired) electrons. The number of anilines is 2. The number of benzene rings is 1. The molecular weight excluding hydrogens is 296 g/mol. The van der Waals surface area contributed by atoms with E-state index in [9.17, 15) is 4.79 Å². The highest BCUT2D eigenvalue weighted by molar-refractivity contribution is 8.00. The molecule has 0 aliphatic carbocycles. The van der Waals surface area contributed by atoms with Crippen molar-refractivity contribution in [3.8, 4) is 0 Å². The van der Waals surface area contributed by atoms with Gasteiger partial charge in [0.05, 0.1) is 5.25 Å². The van der Waals surface area contributed by atoms with Gasteiger partial charge in [-0.15, -0.1) is 0 Å². The number of aromatic nitrogens is 2. The van der Waals surface area contributed by atoms with Crippen molar-refractivity contribution in [3.05, 3.63) is 41.6 Å². The molecule has 6 heteroatoms. The first-order chi connectivity index (χ1) is 10.5. The summed E-state index contributed by atoms with van der Waals surface area (Å²) >= 11 is 1.29. The Labute approximate surface area is 134 Å². The number of hydrogen-bond donors (Lipinski definition) is 2. The molecule has 1 unspecified atom stereocenters. The van der Waals surface area contributed by atoms with Crippen molar-refractivity contribution in [1.82, 2.24) is 9.97 Å². The first kappa shape index (κ1) is 16.3. The number of nitrogen functional groups attached to an aromatic ring is 1. The zero-order valence-electron chi connectivity index (χ0n) is 13.0. The lowest BCUT2D eigenvalue weighted by molar-refractivity contribution is -0.115. The Balaban J connectivity index is 1.99. The molecule has 0 saturated heterocycles. The summed E-state index contributed by atoms with van der Waals surface area (Å²) in [5, 5.41) is 3.10. The number of aryl methyl sites for hydroxylation is 2. The van der Waals surface area contributed by atoms with Crippen LogP contribution in [0.25, 0.3) is 0 Å². The SMILES string of the molecule is CCc1ccc(NC(=O)C(C)Sc2nc(C)cc(N)n2)cc1. The van der Waals surface area contributed by atoms with Gasteiger partial charge in [-0.1, -0.05) is 30.8 Å². The van der Waals surface area contributed by atoms with Crippen LogP contribution in [0.1, 0.15) is 25.1 Å². The van der Waals surface area contributed by atoms with E-state index in [1.807, 2.05) is 38.1 Å². The van der Waals surface area contributed by atoms with Gasteiger partial charge in [0.1, 0.15) is 5.82 Å². The second-order valence-electron chi connectivity index (χ2n) is 5.02. The molecule has 2 aromatic rings. The summed E-state index contributed by atoms with van der Waals surface area (Å²) < 4.78 is 0. The number of rotatable bonds is 5. The van der Waals surface area contributed by atoms with E-state index >= 15 is 0 Å². The zero-order valence-corrected chi connectivity index (χ0v) is 13.8. The van der Waals surface area contributed by atoms with Gasteiger partial charge in [-0.05, 0) is 38.0 Å². The molecule has 0 spiro atoms. The fraction of sp³-hybridized carbons (Fsp3) is 0.312. The number of nitrogens with two attached hydrogens (primary N) is 1. The second kappa shape index (κ2) is 7.26. The van der Waals surface area contributed by atoms with E-state index in [0.717, 1.165) is 17.8 Å². The molecule has 1 amide bonds. The Bertz CT molecular complexity index is 637. The van der Waals surface area contributed by atoms with Gasteiger partial charge in [0.15, 0.2) is 5.16 Å². The van der Waals surface area contributed by atoms with E-state index in [1.165, 1.54) is 17.3 Å². The molecule has 116 valence electrons. The topological polar surface area (TPSA) is 80.9 Å². The minimum atomic E-state index is -0.313. The average molecular weight is 316 g/mol. The van der Waals surface area contributed by atoms with Gasteiger partial charge in [0, 0.05) is 17.4 Å². The second-order valence-corrected chi connectivity index (χ2v) is 6.32. The monoisotopic (exact) mass is 316 g/mol. The third kappa shape index (κ3) is 4.46. The lowest BCUT2D eigenvalue weighted by Gasteiger charge is -2.12. The summed E-state index contributed by atoms with van der Waals surface area (Å²) in [6, 6.07) is 9.55. The van der Waals surface area contributed by atoms with Crippen molar-refractivity contribution in [3.63, 3.8) is 0 Å². The zero-order chi connectivity index (χ0) is 16.1. The first-order valence-electron chi connectivity index (χ1n) is 7.15. The predicted molar refractivity (Wildman–Crippen MR) is 91.0 cm³/mol. The van der Waals surface area contributed by atoms with E-state index in [2.05, 4.69) is 22.2 Å². The van der Waals surface area contributed by atoms with Gasteiger partial charge in [-0.2, -0.15) is 0 Å².